The number of benzene rings is 2. The minimum atomic E-state index is -3.56. The van der Waals surface area contributed by atoms with E-state index in [0.29, 0.717) is 23.9 Å². The van der Waals surface area contributed by atoms with Crippen LogP contribution in [0.2, 0.25) is 0 Å². The van der Waals surface area contributed by atoms with E-state index in [4.69, 9.17) is 0 Å². The summed E-state index contributed by atoms with van der Waals surface area (Å²) >= 11 is 1.30. The molecule has 1 heterocycles. The molecule has 33 heavy (non-hydrogen) atoms. The number of nitrogens with one attached hydrogen (secondary N) is 1. The predicted octanol–water partition coefficient (Wildman–Crippen LogP) is 4.71. The quantitative estimate of drug-likeness (QED) is 0.440. The van der Waals surface area contributed by atoms with Crippen molar-refractivity contribution in [3.8, 4) is 0 Å². The molecular formula is C24H30N4O3S2. The molecular weight excluding hydrogens is 456 g/mol. The average Bonchev–Trinajstić information content (AvgIpc) is 3.15. The molecule has 0 saturated carbocycles. The Morgan fingerprint density at radius 2 is 1.76 bits per heavy atom. The van der Waals surface area contributed by atoms with E-state index in [1.54, 1.807) is 28.8 Å². The fourth-order valence-corrected chi connectivity index (χ4v) is 5.69. The number of hydrogen-bond acceptors (Lipinski definition) is 6. The van der Waals surface area contributed by atoms with Gasteiger partial charge >= 0.3 is 0 Å². The van der Waals surface area contributed by atoms with Crippen LogP contribution in [0.3, 0.4) is 0 Å². The molecule has 0 spiro atoms. The lowest BCUT2D eigenvalue weighted by Gasteiger charge is -2.16. The molecule has 1 N–H and O–H groups in total. The molecule has 7 nitrogen and oxygen atoms in total. The van der Waals surface area contributed by atoms with Gasteiger partial charge in [0.1, 0.15) is 11.6 Å². The van der Waals surface area contributed by atoms with E-state index < -0.39 is 9.84 Å². The van der Waals surface area contributed by atoms with Gasteiger partial charge < -0.3 is 9.88 Å². The van der Waals surface area contributed by atoms with Gasteiger partial charge in [0.25, 0.3) is 0 Å². The first-order valence-electron chi connectivity index (χ1n) is 10.9. The third kappa shape index (κ3) is 5.83. The van der Waals surface area contributed by atoms with Gasteiger partial charge in [-0.3, -0.25) is 4.79 Å². The molecule has 1 amide bonds. The Kier molecular flexibility index (Phi) is 7.97. The number of aromatic nitrogens is 3. The maximum Gasteiger partial charge on any atom is 0.237 e. The molecule has 0 bridgehead atoms. The van der Waals surface area contributed by atoms with Crippen LogP contribution in [0.1, 0.15) is 42.8 Å². The number of nitrogens with zero attached hydrogens (tertiary/aromatic N) is 3. The third-order valence-electron chi connectivity index (χ3n) is 5.58. The molecule has 3 rings (SSSR count). The number of thioether (sulfide) groups is 1. The van der Waals surface area contributed by atoms with Crippen LogP contribution in [0.25, 0.3) is 0 Å². The summed E-state index contributed by atoms with van der Waals surface area (Å²) in [6, 6.07) is 12.6. The number of amides is 1. The summed E-state index contributed by atoms with van der Waals surface area (Å²) in [7, 11) is -3.56. The van der Waals surface area contributed by atoms with Gasteiger partial charge in [0.2, 0.25) is 5.91 Å². The van der Waals surface area contributed by atoms with E-state index in [1.807, 2.05) is 52.8 Å². The molecule has 1 atom stereocenters. The molecule has 2 aromatic carbocycles. The van der Waals surface area contributed by atoms with Crippen molar-refractivity contribution in [3.63, 3.8) is 0 Å². The molecule has 0 aliphatic rings. The number of aryl methyl sites for hydroxylation is 2. The van der Waals surface area contributed by atoms with Crippen LogP contribution in [0, 0.1) is 20.8 Å². The first kappa shape index (κ1) is 25.0. The first-order valence-corrected chi connectivity index (χ1v) is 13.4. The lowest BCUT2D eigenvalue weighted by Crippen LogP contribution is -2.25. The number of hydrogen-bond donors (Lipinski definition) is 1. The van der Waals surface area contributed by atoms with Crippen molar-refractivity contribution in [2.45, 2.75) is 68.6 Å². The number of anilines is 1. The van der Waals surface area contributed by atoms with Crippen LogP contribution in [0.4, 0.5) is 5.69 Å². The van der Waals surface area contributed by atoms with Crippen LogP contribution in [0.5, 0.6) is 0 Å². The topological polar surface area (TPSA) is 93.9 Å². The highest BCUT2D eigenvalue weighted by Gasteiger charge is 2.25. The van der Waals surface area contributed by atoms with Crippen molar-refractivity contribution in [1.29, 1.82) is 0 Å². The van der Waals surface area contributed by atoms with Crippen LogP contribution in [-0.4, -0.2) is 34.3 Å². The summed E-state index contributed by atoms with van der Waals surface area (Å²) in [6.45, 7) is 10.3. The number of sulfone groups is 1. The fourth-order valence-electron chi connectivity index (χ4n) is 3.38. The van der Waals surface area contributed by atoms with Gasteiger partial charge in [-0.2, -0.15) is 0 Å². The van der Waals surface area contributed by atoms with Crippen molar-refractivity contribution >= 4 is 33.2 Å². The molecule has 176 valence electrons. The SMILES string of the molecule is CCC(Sc1nnc(CS(=O)(=O)c2ccc(C)cc2)n1CC)C(=O)Nc1cccc(C)c1C. The second-order valence-corrected chi connectivity index (χ2v) is 11.1. The van der Waals surface area contributed by atoms with E-state index in [-0.39, 0.29) is 21.8 Å². The molecule has 0 fully saturated rings. The Morgan fingerprint density at radius 1 is 1.06 bits per heavy atom. The van der Waals surface area contributed by atoms with Crippen molar-refractivity contribution in [2.75, 3.05) is 5.32 Å². The first-order chi connectivity index (χ1) is 15.7. The van der Waals surface area contributed by atoms with Crippen molar-refractivity contribution in [3.05, 3.63) is 65.0 Å². The Balaban J connectivity index is 1.78. The zero-order chi connectivity index (χ0) is 24.2. The van der Waals surface area contributed by atoms with Crippen molar-refractivity contribution in [1.82, 2.24) is 14.8 Å². The molecule has 1 unspecified atom stereocenters. The highest BCUT2D eigenvalue weighted by atomic mass is 32.2. The van der Waals surface area contributed by atoms with E-state index in [9.17, 15) is 13.2 Å². The van der Waals surface area contributed by atoms with Crippen LogP contribution in [-0.2, 0) is 26.9 Å². The zero-order valence-corrected chi connectivity index (χ0v) is 21.3. The van der Waals surface area contributed by atoms with Gasteiger partial charge in [0.15, 0.2) is 15.0 Å². The summed E-state index contributed by atoms with van der Waals surface area (Å²) in [6.07, 6.45) is 0.592. The maximum atomic E-state index is 13.0. The minimum absolute atomic E-state index is 0.115. The summed E-state index contributed by atoms with van der Waals surface area (Å²) in [5, 5.41) is 11.5. The molecule has 9 heteroatoms. The number of carbonyl (C=O) groups excluding carboxylic acids is 1. The normalized spacial score (nSPS) is 12.5. The molecule has 0 radical (unpaired) electrons. The van der Waals surface area contributed by atoms with Crippen LogP contribution >= 0.6 is 11.8 Å². The lowest BCUT2D eigenvalue weighted by molar-refractivity contribution is -0.115. The van der Waals surface area contributed by atoms with E-state index in [0.717, 1.165) is 22.4 Å². The fraction of sp³-hybridized carbons (Fsp3) is 0.375. The third-order valence-corrected chi connectivity index (χ3v) is 8.56. The minimum Gasteiger partial charge on any atom is -0.325 e. The van der Waals surface area contributed by atoms with Gasteiger partial charge in [-0.05, 0) is 63.4 Å². The smallest absolute Gasteiger partial charge is 0.237 e. The predicted molar refractivity (Wildman–Crippen MR) is 132 cm³/mol. The highest BCUT2D eigenvalue weighted by molar-refractivity contribution is 8.00. The van der Waals surface area contributed by atoms with Gasteiger partial charge in [0, 0.05) is 12.2 Å². The summed E-state index contributed by atoms with van der Waals surface area (Å²) in [4.78, 5) is 13.2. The van der Waals surface area contributed by atoms with Gasteiger partial charge in [-0.25, -0.2) is 8.42 Å². The second-order valence-electron chi connectivity index (χ2n) is 7.97. The Labute approximate surface area is 199 Å². The summed E-state index contributed by atoms with van der Waals surface area (Å²) < 4.78 is 27.5. The highest BCUT2D eigenvalue weighted by Crippen LogP contribution is 2.28. The number of rotatable bonds is 9. The molecule has 0 aliphatic heterocycles. The van der Waals surface area contributed by atoms with Crippen LogP contribution < -0.4 is 5.32 Å². The molecule has 0 aliphatic carbocycles. The lowest BCUT2D eigenvalue weighted by atomic mass is 10.1. The number of carbonyl (C=O) groups is 1. The van der Waals surface area contributed by atoms with Gasteiger partial charge in [-0.15, -0.1) is 10.2 Å². The Morgan fingerprint density at radius 3 is 2.39 bits per heavy atom. The van der Waals surface area contributed by atoms with Crippen LogP contribution in [0.15, 0.2) is 52.5 Å². The monoisotopic (exact) mass is 486 g/mol. The Hall–Kier alpha value is -2.65. The maximum absolute atomic E-state index is 13.0. The van der Waals surface area contributed by atoms with Crippen molar-refractivity contribution < 1.29 is 13.2 Å². The second kappa shape index (κ2) is 10.5. The largest absolute Gasteiger partial charge is 0.325 e. The van der Waals surface area contributed by atoms with Crippen molar-refractivity contribution in [2.24, 2.45) is 0 Å². The average molecular weight is 487 g/mol. The zero-order valence-electron chi connectivity index (χ0n) is 19.6. The summed E-state index contributed by atoms with van der Waals surface area (Å²) in [5.41, 5.74) is 3.93. The van der Waals surface area contributed by atoms with E-state index >= 15 is 0 Å². The Bertz CT molecular complexity index is 1240. The molecule has 1 aromatic heterocycles. The van der Waals surface area contributed by atoms with E-state index in [2.05, 4.69) is 15.5 Å². The van der Waals surface area contributed by atoms with E-state index in [1.165, 1.54) is 11.8 Å². The van der Waals surface area contributed by atoms with Gasteiger partial charge in [0.05, 0.1) is 10.1 Å². The molecule has 3 aromatic rings. The molecule has 0 saturated heterocycles. The van der Waals surface area contributed by atoms with Gasteiger partial charge in [-0.1, -0.05) is 48.5 Å². The standard InChI is InChI=1S/C24H30N4O3S2/c1-6-21(23(29)25-20-10-8-9-17(4)18(20)5)32-24-27-26-22(28(24)7-2)15-33(30,31)19-13-11-16(3)12-14-19/h8-14,21H,6-7,15H2,1-5H3,(H,25,29). The summed E-state index contributed by atoms with van der Waals surface area (Å²) in [5.74, 6) is 0.00388.